The van der Waals surface area contributed by atoms with E-state index in [-0.39, 0.29) is 0 Å². The van der Waals surface area contributed by atoms with Gasteiger partial charge in [0.1, 0.15) is 0 Å². The van der Waals surface area contributed by atoms with Crippen LogP contribution < -0.4 is 0 Å². The molecule has 0 bridgehead atoms. The van der Waals surface area contributed by atoms with Gasteiger partial charge in [-0.1, -0.05) is 50.2 Å². The Morgan fingerprint density at radius 3 is 1.42 bits per heavy atom. The average Bonchev–Trinajstić information content (AvgIpc) is 3.75. The fourth-order valence-corrected chi connectivity index (χ4v) is 5.65. The topological polar surface area (TPSA) is 0 Å². The van der Waals surface area contributed by atoms with Crippen LogP contribution in [0.4, 0.5) is 0 Å². The van der Waals surface area contributed by atoms with E-state index in [1.807, 2.05) is 0 Å². The molecule has 0 spiro atoms. The molecule has 6 rings (SSSR count). The van der Waals surface area contributed by atoms with Crippen molar-refractivity contribution in [1.82, 2.24) is 0 Å². The van der Waals surface area contributed by atoms with Crippen molar-refractivity contribution < 1.29 is 20.8 Å². The van der Waals surface area contributed by atoms with E-state index in [2.05, 4.69) is 121 Å². The van der Waals surface area contributed by atoms with Crippen LogP contribution in [0.3, 0.4) is 0 Å². The summed E-state index contributed by atoms with van der Waals surface area (Å²) in [6, 6.07) is 26.7. The summed E-state index contributed by atoms with van der Waals surface area (Å²) in [5.41, 5.74) is 8.25. The molecule has 0 N–H and O–H groups in total. The molecule has 0 amide bonds. The van der Waals surface area contributed by atoms with Gasteiger partial charge in [-0.3, -0.25) is 0 Å². The van der Waals surface area contributed by atoms with Crippen molar-refractivity contribution in [3.8, 4) is 22.3 Å². The van der Waals surface area contributed by atoms with Gasteiger partial charge < -0.3 is 0 Å². The van der Waals surface area contributed by atoms with Crippen molar-refractivity contribution in [3.05, 3.63) is 105 Å². The number of hydrogen-bond acceptors (Lipinski definition) is 2. The van der Waals surface area contributed by atoms with Crippen molar-refractivity contribution in [2.45, 2.75) is 39.8 Å². The van der Waals surface area contributed by atoms with E-state index >= 15 is 0 Å². The van der Waals surface area contributed by atoms with Crippen molar-refractivity contribution in [3.63, 3.8) is 0 Å². The third-order valence-corrected chi connectivity index (χ3v) is 7.47. The van der Waals surface area contributed by atoms with Crippen LogP contribution in [0.5, 0.6) is 0 Å². The van der Waals surface area contributed by atoms with Crippen molar-refractivity contribution in [2.75, 3.05) is 0 Å². The summed E-state index contributed by atoms with van der Waals surface area (Å²) in [6.07, 6.45) is 2.22. The first-order valence-electron chi connectivity index (χ1n) is 12.6. The molecule has 2 radical (unpaired) electrons. The Kier molecular flexibility index (Phi) is 13.8. The molecule has 2 aromatic heterocycles. The first-order chi connectivity index (χ1) is 18.6. The van der Waals surface area contributed by atoms with Gasteiger partial charge in [0.2, 0.25) is 0 Å². The van der Waals surface area contributed by atoms with Gasteiger partial charge in [0.25, 0.3) is 0 Å². The summed E-state index contributed by atoms with van der Waals surface area (Å²) in [6.45, 7) is 8.72. The Balaban J connectivity index is 0.000000175. The van der Waals surface area contributed by atoms with Gasteiger partial charge in [-0.25, -0.2) is 0 Å². The molecule has 38 heavy (non-hydrogen) atoms. The second-order valence-corrected chi connectivity index (χ2v) is 14.9. The van der Waals surface area contributed by atoms with Crippen molar-refractivity contribution in [2.24, 2.45) is 0 Å². The predicted octanol–water partition coefficient (Wildman–Crippen LogP) is 11.9. The molecule has 4 aromatic carbocycles. The fraction of sp³-hybridized carbons (Fsp3) is 0.188. The summed E-state index contributed by atoms with van der Waals surface area (Å²) in [4.78, 5) is 0. The average molecular weight is 671 g/mol. The maximum atomic E-state index is 4.93. The Bertz CT molecular complexity index is 1370. The van der Waals surface area contributed by atoms with Gasteiger partial charge in [-0.05, 0) is 57.6 Å². The van der Waals surface area contributed by atoms with Gasteiger partial charge in [-0.2, -0.15) is 34.8 Å². The van der Waals surface area contributed by atoms with Crippen LogP contribution in [0.2, 0.25) is 13.1 Å². The number of fused-ring (bicyclic) bond motifs is 2. The van der Waals surface area contributed by atoms with Crippen LogP contribution in [-0.4, -0.2) is 9.52 Å². The van der Waals surface area contributed by atoms with E-state index in [1.165, 1.54) is 54.9 Å². The number of aryl methyl sites for hydroxylation is 2. The van der Waals surface area contributed by atoms with E-state index in [0.717, 1.165) is 22.4 Å². The second-order valence-electron chi connectivity index (χ2n) is 8.65. The number of hydrogen-bond donors (Lipinski definition) is 0. The van der Waals surface area contributed by atoms with Crippen LogP contribution >= 0.6 is 39.7 Å². The van der Waals surface area contributed by atoms with Gasteiger partial charge in [0.05, 0.1) is 0 Å². The number of benzene rings is 2. The molecule has 0 fully saturated rings. The monoisotopic (exact) mass is 668 g/mol. The molecule has 0 aliphatic carbocycles. The summed E-state index contributed by atoms with van der Waals surface area (Å²) in [5, 5.41) is 14.2. The van der Waals surface area contributed by atoms with Crippen LogP contribution in [0.15, 0.2) is 94.3 Å². The van der Waals surface area contributed by atoms with Gasteiger partial charge in [0.15, 0.2) is 0 Å². The SMILES string of the molecule is CCc1cc2c(-c3ccsc3)cccc2[cH-]1.CCc1cc2c(-c3ccsc3)cccc2[cH-]1.C[Si]C.[Cl][Zr+2][Cl]. The van der Waals surface area contributed by atoms with Gasteiger partial charge >= 0.3 is 37.9 Å². The molecule has 6 heteroatoms. The quantitative estimate of drug-likeness (QED) is 0.129. The third kappa shape index (κ3) is 8.37. The number of thiophene rings is 2. The van der Waals surface area contributed by atoms with E-state index in [9.17, 15) is 0 Å². The van der Waals surface area contributed by atoms with Crippen molar-refractivity contribution in [1.29, 1.82) is 0 Å². The molecule has 0 saturated carbocycles. The molecule has 2 heterocycles. The number of halogens is 2. The minimum absolute atomic E-state index is 0.826. The molecule has 0 aliphatic heterocycles. The van der Waals surface area contributed by atoms with E-state index in [1.54, 1.807) is 22.7 Å². The molecule has 194 valence electrons. The van der Waals surface area contributed by atoms with Crippen LogP contribution in [0.1, 0.15) is 25.0 Å². The molecule has 0 nitrogen and oxygen atoms in total. The first kappa shape index (κ1) is 31.3. The fourth-order valence-electron chi connectivity index (χ4n) is 4.34. The third-order valence-electron chi connectivity index (χ3n) is 6.10. The Labute approximate surface area is 256 Å². The maximum absolute atomic E-state index is 4.93. The molecule has 0 atom stereocenters. The zero-order chi connectivity index (χ0) is 27.3. The van der Waals surface area contributed by atoms with Crippen LogP contribution in [0, 0.1) is 0 Å². The molecule has 0 unspecified atom stereocenters. The Hall–Kier alpha value is -1.26. The predicted molar refractivity (Wildman–Crippen MR) is 174 cm³/mol. The van der Waals surface area contributed by atoms with E-state index in [0.29, 0.717) is 0 Å². The standard InChI is InChI=1S/2C15H13S.C2H6Si.2ClH.Zr/c2*1-2-11-8-12-4-3-5-14(15(12)9-11)13-6-7-16-10-13;1-3-2;;;/h2*3-10H,2H2,1H3;1-2H3;2*1H;/q2*-1;;;;+4/p-2. The molecule has 0 saturated heterocycles. The zero-order valence-corrected chi connectivity index (χ0v) is 28.8. The van der Waals surface area contributed by atoms with E-state index < -0.39 is 20.8 Å². The van der Waals surface area contributed by atoms with Crippen LogP contribution in [-0.2, 0) is 33.7 Å². The second kappa shape index (κ2) is 16.8. The molecule has 0 aliphatic rings. The van der Waals surface area contributed by atoms with E-state index in [4.69, 9.17) is 17.0 Å². The first-order valence-corrected chi connectivity index (χ1v) is 22.8. The zero-order valence-electron chi connectivity index (χ0n) is 22.2. The summed E-state index contributed by atoms with van der Waals surface area (Å²) >= 11 is 2.69. The minimum atomic E-state index is -0.826. The Morgan fingerprint density at radius 1 is 0.711 bits per heavy atom. The molecular weight excluding hydrogens is 639 g/mol. The normalized spacial score (nSPS) is 10.1. The Morgan fingerprint density at radius 2 is 1.11 bits per heavy atom. The summed E-state index contributed by atoms with van der Waals surface area (Å²) in [7, 11) is 11.0. The van der Waals surface area contributed by atoms with Crippen molar-refractivity contribution >= 4 is 70.8 Å². The summed E-state index contributed by atoms with van der Waals surface area (Å²) in [5.74, 6) is 0. The van der Waals surface area contributed by atoms with Gasteiger partial charge in [0, 0.05) is 9.52 Å². The number of rotatable bonds is 4. The molecular formula is C32H32Cl2S2SiZr. The van der Waals surface area contributed by atoms with Gasteiger partial charge in [-0.15, -0.1) is 69.1 Å². The molecule has 6 aromatic rings. The summed E-state index contributed by atoms with van der Waals surface area (Å²) < 4.78 is 0. The van der Waals surface area contributed by atoms with Crippen LogP contribution in [0.25, 0.3) is 43.8 Å².